The predicted octanol–water partition coefficient (Wildman–Crippen LogP) is 21.0. The number of para-hydroxylation sites is 4. The maximum atomic E-state index is 7.35. The Morgan fingerprint density at radius 3 is 1.89 bits per heavy atom. The van der Waals surface area contributed by atoms with Crippen LogP contribution in [0.1, 0.15) is 114 Å². The van der Waals surface area contributed by atoms with Gasteiger partial charge in [-0.2, -0.15) is 6.07 Å². The number of hydrogen-bond acceptors (Lipinski definition) is 5. The molecule has 8 aromatic carbocycles. The Morgan fingerprint density at radius 1 is 0.573 bits per heavy atom. The van der Waals surface area contributed by atoms with E-state index in [1.807, 2.05) is 0 Å². The fourth-order valence-corrected chi connectivity index (χ4v) is 16.9. The molecule has 4 saturated carbocycles. The maximum Gasteiger partial charge on any atom is 0.316 e. The summed E-state index contributed by atoms with van der Waals surface area (Å²) in [5.74, 6) is 8.26. The van der Waals surface area contributed by atoms with E-state index in [0.717, 1.165) is 90.0 Å². The number of nitrogens with zero attached hydrogens (tertiary/aromatic N) is 5. The number of fused-ring (bicyclic) bond motifs is 5. The van der Waals surface area contributed by atoms with Crippen LogP contribution in [0.4, 0.5) is 22.7 Å². The van der Waals surface area contributed by atoms with Crippen LogP contribution in [0.5, 0.6) is 11.5 Å². The summed E-state index contributed by atoms with van der Waals surface area (Å²) in [7, 11) is 0. The third-order valence-electron chi connectivity index (χ3n) is 20.6. The van der Waals surface area contributed by atoms with E-state index >= 15 is 0 Å². The molecule has 10 aromatic rings. The fraction of sp³-hybridized carbons (Fsp3) is 0.235. The first-order valence-corrected chi connectivity index (χ1v) is 32.2. The molecule has 0 amide bonds. The van der Waals surface area contributed by atoms with Crippen molar-refractivity contribution < 1.29 is 25.8 Å². The molecule has 8 heteroatoms. The van der Waals surface area contributed by atoms with E-state index in [1.54, 1.807) is 0 Å². The van der Waals surface area contributed by atoms with Crippen LogP contribution in [0.3, 0.4) is 0 Å². The van der Waals surface area contributed by atoms with Crippen LogP contribution in [-0.4, -0.2) is 21.2 Å². The molecule has 0 unspecified atom stereocenters. The van der Waals surface area contributed by atoms with E-state index in [-0.39, 0.29) is 45.2 Å². The first-order valence-electron chi connectivity index (χ1n) is 32.2. The average molecular weight is 1340 g/mol. The first-order chi connectivity index (χ1) is 43.1. The minimum absolute atomic E-state index is 0. The second-order valence-electron chi connectivity index (χ2n) is 26.6. The molecule has 2 aromatic heterocycles. The maximum absolute atomic E-state index is 7.35. The number of allylic oxidation sites excluding steroid dienone is 5. The van der Waals surface area contributed by atoms with Gasteiger partial charge in [0.2, 0.25) is 0 Å². The number of pyridine rings is 1. The van der Waals surface area contributed by atoms with Crippen molar-refractivity contribution in [2.24, 2.45) is 23.7 Å². The van der Waals surface area contributed by atoms with Crippen LogP contribution in [0, 0.1) is 42.5 Å². The van der Waals surface area contributed by atoms with Crippen molar-refractivity contribution in [1.29, 1.82) is 0 Å². The summed E-state index contributed by atoms with van der Waals surface area (Å²) in [5.41, 5.74) is 19.9. The van der Waals surface area contributed by atoms with Crippen molar-refractivity contribution in [3.8, 4) is 50.7 Å². The number of hydrogen-bond donors (Lipinski definition) is 0. The number of ether oxygens (including phenoxy) is 1. The van der Waals surface area contributed by atoms with Gasteiger partial charge in [0.15, 0.2) is 0 Å². The van der Waals surface area contributed by atoms with Crippen molar-refractivity contribution in [2.75, 3.05) is 9.80 Å². The molecule has 0 saturated heterocycles. The standard InChI is InChI=1S/C81H73BN5O.Pt/c1-52(2)59-46-71(53(3)4)79(72(47-59)54(5)6)60-44-64(85-51-86(75-30-16-15-29-74(75)85)80-67(57-21-9-7-10-22-57)26-19-27-68(80)58-23-11-8-12-24-58)49-66(45-60)88-65-32-33-70-69-25-13-14-28-73(69)87(76(70)50-65)78-48-61(34-36-83-78)81(62-40-55-39-56(42-62)43-63(81)41-55)77-31-20-38-84-37-18-17-35-82(77)84;/h7-38,44-48,51-56,62-63H,39-43H2,1-6H3;/q-3;. The van der Waals surface area contributed by atoms with Crippen LogP contribution >= 0.6 is 0 Å². The van der Waals surface area contributed by atoms with E-state index in [1.165, 1.54) is 65.4 Å². The third-order valence-corrected chi connectivity index (χ3v) is 20.6. The van der Waals surface area contributed by atoms with E-state index in [4.69, 9.17) is 9.72 Å². The zero-order chi connectivity index (χ0) is 59.4. The molecule has 4 bridgehead atoms. The Kier molecular flexibility index (Phi) is 14.7. The fourth-order valence-electron chi connectivity index (χ4n) is 16.9. The van der Waals surface area contributed by atoms with Crippen molar-refractivity contribution >= 4 is 51.4 Å². The largest absolute Gasteiger partial charge is 0.509 e. The SMILES string of the molecule is CC(C)c1cc(C(C)C)c(-c2cc(Oc3[c-]c4c(cc3)c3ccccc3n4-c3cc(C4(C5=CC=CN6C=CC=CB56)C5CC6CC(C5)CC4C6)ccn3)[c-]c(N3[CH-]N(c4c(-c5ccccc5)cccc4-c4ccccc4)c4ccccc43)c2)c(C(C)C)c1.[Pt]. The molecule has 4 aliphatic carbocycles. The Hall–Kier alpha value is -8.38. The molecule has 0 spiro atoms. The Balaban J connectivity index is 0.00000663. The van der Waals surface area contributed by atoms with Crippen LogP contribution in [0.2, 0.25) is 0 Å². The number of aromatic nitrogens is 2. The van der Waals surface area contributed by atoms with Gasteiger partial charge in [-0.15, -0.1) is 53.6 Å². The molecule has 3 aliphatic heterocycles. The Morgan fingerprint density at radius 2 is 1.21 bits per heavy atom. The third kappa shape index (κ3) is 9.59. The van der Waals surface area contributed by atoms with Gasteiger partial charge in [-0.05, 0) is 173 Å². The molecule has 6 nitrogen and oxygen atoms in total. The van der Waals surface area contributed by atoms with Crippen LogP contribution in [0.15, 0.2) is 230 Å². The summed E-state index contributed by atoms with van der Waals surface area (Å²) in [6.45, 7) is 16.4. The zero-order valence-electron chi connectivity index (χ0n) is 51.6. The zero-order valence-corrected chi connectivity index (χ0v) is 53.8. The summed E-state index contributed by atoms with van der Waals surface area (Å²) < 4.78 is 9.70. The van der Waals surface area contributed by atoms with Gasteiger partial charge in [0.05, 0.1) is 0 Å². The predicted molar refractivity (Wildman–Crippen MR) is 365 cm³/mol. The van der Waals surface area contributed by atoms with Crippen LogP contribution in [0.25, 0.3) is 61.0 Å². The molecule has 444 valence electrons. The van der Waals surface area contributed by atoms with Crippen LogP contribution < -0.4 is 14.5 Å². The summed E-state index contributed by atoms with van der Waals surface area (Å²) >= 11 is 0. The average Bonchev–Trinajstić information content (AvgIpc) is 1.17. The Bertz CT molecular complexity index is 4380. The molecular formula is C81H73BN5OPt-3. The smallest absolute Gasteiger partial charge is 0.316 e. The normalized spacial score (nSPS) is 20.5. The van der Waals surface area contributed by atoms with E-state index in [2.05, 4.69) is 304 Å². The van der Waals surface area contributed by atoms with Crippen molar-refractivity contribution in [1.82, 2.24) is 14.4 Å². The molecule has 0 atom stereocenters. The van der Waals surface area contributed by atoms with Crippen molar-refractivity contribution in [3.05, 3.63) is 271 Å². The molecular weight excluding hydrogens is 1260 g/mol. The topological polar surface area (TPSA) is 36.8 Å². The number of benzene rings is 8. The van der Waals surface area contributed by atoms with Crippen molar-refractivity contribution in [3.63, 3.8) is 0 Å². The van der Waals surface area contributed by atoms with Gasteiger partial charge in [-0.1, -0.05) is 192 Å². The second kappa shape index (κ2) is 22.9. The number of rotatable bonds is 13. The van der Waals surface area contributed by atoms with E-state index in [9.17, 15) is 0 Å². The quantitative estimate of drug-likeness (QED) is 0.0849. The number of anilines is 4. The molecule has 89 heavy (non-hydrogen) atoms. The van der Waals surface area contributed by atoms with Crippen LogP contribution in [-0.2, 0) is 26.5 Å². The van der Waals surface area contributed by atoms with Gasteiger partial charge >= 0.3 is 6.85 Å². The summed E-state index contributed by atoms with van der Waals surface area (Å²) in [6, 6.07) is 72.2. The van der Waals surface area contributed by atoms with Gasteiger partial charge < -0.3 is 23.9 Å². The van der Waals surface area contributed by atoms with Gasteiger partial charge in [0.1, 0.15) is 5.82 Å². The molecule has 0 radical (unpaired) electrons. The van der Waals surface area contributed by atoms with E-state index < -0.39 is 0 Å². The summed E-state index contributed by atoms with van der Waals surface area (Å²) in [6.07, 6.45) is 22.4. The van der Waals surface area contributed by atoms with E-state index in [0.29, 0.717) is 29.3 Å². The summed E-state index contributed by atoms with van der Waals surface area (Å²) in [5, 5.41) is 2.27. The molecule has 17 rings (SSSR count). The minimum Gasteiger partial charge on any atom is -0.509 e. The Labute approximate surface area is 540 Å². The van der Waals surface area contributed by atoms with Gasteiger partial charge in [-0.25, -0.2) is 4.98 Å². The van der Waals surface area contributed by atoms with Gasteiger partial charge in [0, 0.05) is 77.9 Å². The van der Waals surface area contributed by atoms with Crippen molar-refractivity contribution in [2.45, 2.75) is 96.8 Å². The monoisotopic (exact) mass is 1340 g/mol. The second-order valence-corrected chi connectivity index (χ2v) is 26.6. The molecule has 4 fully saturated rings. The van der Waals surface area contributed by atoms with Gasteiger partial charge in [0.25, 0.3) is 0 Å². The summed E-state index contributed by atoms with van der Waals surface area (Å²) in [4.78, 5) is 12.4. The minimum atomic E-state index is -0.108. The molecule has 0 N–H and O–H groups in total. The first kappa shape index (κ1) is 57.1. The molecule has 7 aliphatic rings. The van der Waals surface area contributed by atoms with Gasteiger partial charge in [-0.3, -0.25) is 0 Å². The molecule has 5 heterocycles.